The number of hydrogen-bond donors (Lipinski definition) is 2. The highest BCUT2D eigenvalue weighted by molar-refractivity contribution is 5.89. The third-order valence-electron chi connectivity index (χ3n) is 3.22. The van der Waals surface area contributed by atoms with Gasteiger partial charge in [-0.2, -0.15) is 0 Å². The van der Waals surface area contributed by atoms with Crippen molar-refractivity contribution in [3.05, 3.63) is 0 Å². The fourth-order valence-corrected chi connectivity index (χ4v) is 2.16. The van der Waals surface area contributed by atoms with Gasteiger partial charge in [-0.25, -0.2) is 4.39 Å². The monoisotopic (exact) mass is 311 g/mol. The van der Waals surface area contributed by atoms with E-state index < -0.39 is 12.7 Å². The molecule has 1 rings (SSSR count). The van der Waals surface area contributed by atoms with Gasteiger partial charge in [0.25, 0.3) is 0 Å². The number of piperazine rings is 1. The predicted octanol–water partition coefficient (Wildman–Crippen LogP) is -0.591. The number of aliphatic hydroxyl groups is 1. The SMILES string of the molecule is CCN(CCO)C(=O)CC1NCCN(CCF)C1=O.Cl. The summed E-state index contributed by atoms with van der Waals surface area (Å²) < 4.78 is 12.3. The summed E-state index contributed by atoms with van der Waals surface area (Å²) in [5.41, 5.74) is 0. The van der Waals surface area contributed by atoms with Crippen LogP contribution in [0.2, 0.25) is 0 Å². The second kappa shape index (κ2) is 9.90. The minimum atomic E-state index is -0.583. The van der Waals surface area contributed by atoms with Gasteiger partial charge in [0.05, 0.1) is 19.1 Å². The van der Waals surface area contributed by atoms with E-state index in [0.29, 0.717) is 19.6 Å². The van der Waals surface area contributed by atoms with Gasteiger partial charge in [-0.1, -0.05) is 0 Å². The Kier molecular flexibility index (Phi) is 9.45. The summed E-state index contributed by atoms with van der Waals surface area (Å²) in [6, 6.07) is -0.583. The maximum atomic E-state index is 12.3. The van der Waals surface area contributed by atoms with Crippen LogP contribution in [0.25, 0.3) is 0 Å². The summed E-state index contributed by atoms with van der Waals surface area (Å²) in [4.78, 5) is 26.9. The minimum Gasteiger partial charge on any atom is -0.395 e. The van der Waals surface area contributed by atoms with Crippen LogP contribution >= 0.6 is 12.4 Å². The molecule has 0 aromatic rings. The van der Waals surface area contributed by atoms with Crippen molar-refractivity contribution in [3.8, 4) is 0 Å². The molecule has 1 unspecified atom stereocenters. The van der Waals surface area contributed by atoms with Crippen LogP contribution in [0.3, 0.4) is 0 Å². The summed E-state index contributed by atoms with van der Waals surface area (Å²) in [6.45, 7) is 3.03. The Morgan fingerprint density at radius 1 is 1.60 bits per heavy atom. The van der Waals surface area contributed by atoms with Crippen LogP contribution in [0, 0.1) is 0 Å². The lowest BCUT2D eigenvalue weighted by Gasteiger charge is -2.33. The van der Waals surface area contributed by atoms with E-state index in [1.54, 1.807) is 0 Å². The molecule has 0 aromatic heterocycles. The van der Waals surface area contributed by atoms with Crippen LogP contribution in [0.5, 0.6) is 0 Å². The Hall–Kier alpha value is -0.920. The zero-order chi connectivity index (χ0) is 14.3. The number of nitrogens with zero attached hydrogens (tertiary/aromatic N) is 2. The van der Waals surface area contributed by atoms with E-state index in [9.17, 15) is 14.0 Å². The molecule has 1 fully saturated rings. The lowest BCUT2D eigenvalue weighted by Crippen LogP contribution is -2.56. The van der Waals surface area contributed by atoms with E-state index in [1.165, 1.54) is 9.80 Å². The first-order chi connectivity index (χ1) is 9.13. The number of halogens is 2. The van der Waals surface area contributed by atoms with Crippen molar-refractivity contribution in [1.82, 2.24) is 15.1 Å². The summed E-state index contributed by atoms with van der Waals surface area (Å²) in [7, 11) is 0. The van der Waals surface area contributed by atoms with Crippen LogP contribution in [0.4, 0.5) is 4.39 Å². The van der Waals surface area contributed by atoms with Gasteiger partial charge < -0.3 is 20.2 Å². The molecular formula is C12H23ClFN3O3. The average molecular weight is 312 g/mol. The molecule has 0 saturated carbocycles. The van der Waals surface area contributed by atoms with Crippen LogP contribution in [0.15, 0.2) is 0 Å². The second-order valence-electron chi connectivity index (χ2n) is 4.42. The van der Waals surface area contributed by atoms with E-state index >= 15 is 0 Å². The molecule has 0 aliphatic carbocycles. The van der Waals surface area contributed by atoms with Crippen LogP contribution in [-0.4, -0.2) is 78.8 Å². The lowest BCUT2D eigenvalue weighted by atomic mass is 10.1. The van der Waals surface area contributed by atoms with Gasteiger partial charge >= 0.3 is 0 Å². The average Bonchev–Trinajstić information content (AvgIpc) is 2.40. The number of carbonyl (C=O) groups is 2. The van der Waals surface area contributed by atoms with Crippen molar-refractivity contribution in [2.75, 3.05) is 46.0 Å². The first kappa shape index (κ1) is 19.1. The number of hydrogen-bond acceptors (Lipinski definition) is 4. The Morgan fingerprint density at radius 3 is 2.85 bits per heavy atom. The van der Waals surface area contributed by atoms with E-state index in [0.717, 1.165) is 0 Å². The van der Waals surface area contributed by atoms with Gasteiger partial charge in [0.15, 0.2) is 0 Å². The summed E-state index contributed by atoms with van der Waals surface area (Å²) in [5.74, 6) is -0.401. The topological polar surface area (TPSA) is 72.9 Å². The molecular weight excluding hydrogens is 289 g/mol. The van der Waals surface area contributed by atoms with Crippen LogP contribution in [0.1, 0.15) is 13.3 Å². The zero-order valence-corrected chi connectivity index (χ0v) is 12.5. The molecule has 20 heavy (non-hydrogen) atoms. The standard InChI is InChI=1S/C12H22FN3O3.ClH/c1-2-15(7-8-17)11(18)9-10-12(19)16(5-3-13)6-4-14-10;/h10,14,17H,2-9H2,1H3;1H. The van der Waals surface area contributed by atoms with Crippen LogP contribution < -0.4 is 5.32 Å². The smallest absolute Gasteiger partial charge is 0.240 e. The zero-order valence-electron chi connectivity index (χ0n) is 11.7. The molecule has 6 nitrogen and oxygen atoms in total. The molecule has 1 aliphatic rings. The third kappa shape index (κ3) is 5.22. The highest BCUT2D eigenvalue weighted by Gasteiger charge is 2.30. The van der Waals surface area contributed by atoms with Crippen molar-refractivity contribution in [2.45, 2.75) is 19.4 Å². The molecule has 2 N–H and O–H groups in total. The normalized spacial score (nSPS) is 18.6. The van der Waals surface area contributed by atoms with Crippen molar-refractivity contribution < 1.29 is 19.1 Å². The van der Waals surface area contributed by atoms with E-state index in [2.05, 4.69) is 5.32 Å². The Bertz CT molecular complexity index is 318. The summed E-state index contributed by atoms with van der Waals surface area (Å²) in [5, 5.41) is 11.8. The first-order valence-corrected chi connectivity index (χ1v) is 6.60. The quantitative estimate of drug-likeness (QED) is 0.659. The Labute approximate surface area is 124 Å². The molecule has 1 saturated heterocycles. The van der Waals surface area contributed by atoms with Crippen molar-refractivity contribution >= 4 is 24.2 Å². The second-order valence-corrected chi connectivity index (χ2v) is 4.42. The number of likely N-dealkylation sites (N-methyl/N-ethyl adjacent to an activating group) is 1. The minimum absolute atomic E-state index is 0. The number of carbonyl (C=O) groups excluding carboxylic acids is 2. The summed E-state index contributed by atoms with van der Waals surface area (Å²) >= 11 is 0. The number of aliphatic hydroxyl groups excluding tert-OH is 1. The van der Waals surface area contributed by atoms with Crippen molar-refractivity contribution in [1.29, 1.82) is 0 Å². The van der Waals surface area contributed by atoms with Gasteiger partial charge in [0, 0.05) is 32.7 Å². The largest absolute Gasteiger partial charge is 0.395 e. The fraction of sp³-hybridized carbons (Fsp3) is 0.833. The molecule has 2 amide bonds. The Balaban J connectivity index is 0.00000361. The third-order valence-corrected chi connectivity index (χ3v) is 3.22. The number of nitrogens with one attached hydrogen (secondary N) is 1. The molecule has 0 radical (unpaired) electrons. The highest BCUT2D eigenvalue weighted by atomic mass is 35.5. The molecule has 1 heterocycles. The van der Waals surface area contributed by atoms with Gasteiger partial charge in [-0.3, -0.25) is 9.59 Å². The molecule has 1 aliphatic heterocycles. The fourth-order valence-electron chi connectivity index (χ4n) is 2.16. The van der Waals surface area contributed by atoms with Crippen molar-refractivity contribution in [2.24, 2.45) is 0 Å². The number of alkyl halides is 1. The summed E-state index contributed by atoms with van der Waals surface area (Å²) in [6.07, 6.45) is 0.0511. The van der Waals surface area contributed by atoms with Gasteiger partial charge in [0.2, 0.25) is 11.8 Å². The molecule has 0 bridgehead atoms. The van der Waals surface area contributed by atoms with E-state index in [1.807, 2.05) is 6.92 Å². The maximum absolute atomic E-state index is 12.3. The van der Waals surface area contributed by atoms with Gasteiger partial charge in [-0.05, 0) is 6.92 Å². The number of rotatable bonds is 7. The van der Waals surface area contributed by atoms with Gasteiger partial charge in [-0.15, -0.1) is 12.4 Å². The Morgan fingerprint density at radius 2 is 2.30 bits per heavy atom. The first-order valence-electron chi connectivity index (χ1n) is 6.60. The van der Waals surface area contributed by atoms with Gasteiger partial charge in [0.1, 0.15) is 6.67 Å². The maximum Gasteiger partial charge on any atom is 0.240 e. The van der Waals surface area contributed by atoms with E-state index in [4.69, 9.17) is 5.11 Å². The highest BCUT2D eigenvalue weighted by Crippen LogP contribution is 2.07. The molecule has 0 aromatic carbocycles. The molecule has 0 spiro atoms. The lowest BCUT2D eigenvalue weighted by molar-refractivity contribution is -0.141. The molecule has 1 atom stereocenters. The van der Waals surface area contributed by atoms with E-state index in [-0.39, 0.29) is 50.3 Å². The predicted molar refractivity (Wildman–Crippen MR) is 75.6 cm³/mol. The van der Waals surface area contributed by atoms with Crippen LogP contribution in [-0.2, 0) is 9.59 Å². The molecule has 8 heteroatoms. The molecule has 118 valence electrons. The number of amides is 2. The van der Waals surface area contributed by atoms with Crippen molar-refractivity contribution in [3.63, 3.8) is 0 Å².